The number of nitrogen functional groups attached to an aromatic ring is 1. The number of rotatable bonds is 5. The molecule has 0 aliphatic rings. The van der Waals surface area contributed by atoms with Crippen LogP contribution in [-0.4, -0.2) is 16.6 Å². The van der Waals surface area contributed by atoms with Crippen LogP contribution in [0, 0.1) is 0 Å². The van der Waals surface area contributed by atoms with E-state index >= 15 is 0 Å². The zero-order valence-corrected chi connectivity index (χ0v) is 12.4. The first-order valence-corrected chi connectivity index (χ1v) is 7.59. The smallest absolute Gasteiger partial charge is 0.165 e. The van der Waals surface area contributed by atoms with Gasteiger partial charge in [0.1, 0.15) is 10.9 Å². The normalized spacial score (nSPS) is 12.5. The van der Waals surface area contributed by atoms with Crippen molar-refractivity contribution in [1.29, 1.82) is 0 Å². The maximum Gasteiger partial charge on any atom is 0.165 e. The number of nitrogens with zero attached hydrogens (tertiary/aromatic N) is 2. The molecule has 0 saturated heterocycles. The van der Waals surface area contributed by atoms with E-state index in [1.807, 2.05) is 48.7 Å². The highest BCUT2D eigenvalue weighted by Gasteiger charge is 2.19. The Balaban J connectivity index is 2.11. The van der Waals surface area contributed by atoms with Crippen LogP contribution in [0.5, 0.6) is 0 Å². The minimum absolute atomic E-state index is 0.296. The van der Waals surface area contributed by atoms with Crippen LogP contribution in [0.1, 0.15) is 24.4 Å². The van der Waals surface area contributed by atoms with E-state index in [1.54, 1.807) is 11.3 Å². The van der Waals surface area contributed by atoms with Gasteiger partial charge in [-0.05, 0) is 23.9 Å². The lowest BCUT2D eigenvalue weighted by Gasteiger charge is -2.17. The summed E-state index contributed by atoms with van der Waals surface area (Å²) in [5.41, 5.74) is 3.67. The molecule has 2 heterocycles. The fourth-order valence-electron chi connectivity index (χ4n) is 2.21. The van der Waals surface area contributed by atoms with E-state index in [4.69, 9.17) is 10.6 Å². The van der Waals surface area contributed by atoms with Gasteiger partial charge in [-0.2, -0.15) is 0 Å². The fourth-order valence-corrected chi connectivity index (χ4v) is 2.98. The van der Waals surface area contributed by atoms with Gasteiger partial charge in [0, 0.05) is 6.61 Å². The van der Waals surface area contributed by atoms with Crippen LogP contribution in [-0.2, 0) is 4.74 Å². The Morgan fingerprint density at radius 1 is 1.24 bits per heavy atom. The third-order valence-corrected chi connectivity index (χ3v) is 3.96. The lowest BCUT2D eigenvalue weighted by molar-refractivity contribution is 0.0855. The molecule has 3 rings (SSSR count). The van der Waals surface area contributed by atoms with Crippen LogP contribution in [0.2, 0.25) is 0 Å². The van der Waals surface area contributed by atoms with Crippen LogP contribution >= 0.6 is 11.3 Å². The second-order valence-electron chi connectivity index (χ2n) is 4.46. The van der Waals surface area contributed by atoms with Gasteiger partial charge in [0.15, 0.2) is 11.6 Å². The molecule has 0 amide bonds. The molecule has 0 radical (unpaired) electrons. The molecular weight excluding hydrogens is 284 g/mol. The summed E-state index contributed by atoms with van der Waals surface area (Å²) in [6.07, 6.45) is -0.296. The molecule has 2 aromatic heterocycles. The fraction of sp³-hybridized carbons (Fsp3) is 0.200. The first kappa shape index (κ1) is 13.9. The van der Waals surface area contributed by atoms with Gasteiger partial charge >= 0.3 is 0 Å². The summed E-state index contributed by atoms with van der Waals surface area (Å²) in [6, 6.07) is 11.9. The van der Waals surface area contributed by atoms with Crippen LogP contribution in [0.3, 0.4) is 0 Å². The van der Waals surface area contributed by atoms with E-state index in [9.17, 15) is 0 Å². The number of anilines is 1. The van der Waals surface area contributed by atoms with Gasteiger partial charge in [0.2, 0.25) is 0 Å². The largest absolute Gasteiger partial charge is 0.366 e. The SMILES string of the molecule is CCOC(c1ccccc1)c1nc(NN)c2ccsc2n1. The van der Waals surface area contributed by atoms with E-state index in [0.29, 0.717) is 18.2 Å². The molecular formula is C15H16N4OS. The van der Waals surface area contributed by atoms with Gasteiger partial charge in [-0.25, -0.2) is 15.8 Å². The standard InChI is InChI=1S/C15H16N4OS/c1-2-20-12(10-6-4-3-5-7-10)14-17-13(19-16)11-8-9-21-15(11)18-14/h3-9,12H,2,16H2,1H3,(H,17,18,19). The van der Waals surface area contributed by atoms with Gasteiger partial charge in [0.05, 0.1) is 5.39 Å². The topological polar surface area (TPSA) is 73.1 Å². The van der Waals surface area contributed by atoms with Gasteiger partial charge in [-0.15, -0.1) is 11.3 Å². The molecule has 3 N–H and O–H groups in total. The third kappa shape index (κ3) is 2.73. The molecule has 0 aliphatic carbocycles. The molecule has 0 aliphatic heterocycles. The first-order chi connectivity index (χ1) is 10.3. The predicted octanol–water partition coefficient (Wildman–Crippen LogP) is 3.10. The Morgan fingerprint density at radius 3 is 2.76 bits per heavy atom. The summed E-state index contributed by atoms with van der Waals surface area (Å²) in [4.78, 5) is 10.0. The van der Waals surface area contributed by atoms with E-state index in [2.05, 4.69) is 15.4 Å². The molecule has 0 fully saturated rings. The monoisotopic (exact) mass is 300 g/mol. The number of nitrogens with one attached hydrogen (secondary N) is 1. The summed E-state index contributed by atoms with van der Waals surface area (Å²) in [5, 5.41) is 2.90. The Bertz CT molecular complexity index is 729. The Hall–Kier alpha value is -2.02. The van der Waals surface area contributed by atoms with Gasteiger partial charge in [0.25, 0.3) is 0 Å². The summed E-state index contributed by atoms with van der Waals surface area (Å²) < 4.78 is 5.85. The molecule has 6 heteroatoms. The van der Waals surface area contributed by atoms with Crippen molar-refractivity contribution in [3.63, 3.8) is 0 Å². The summed E-state index contributed by atoms with van der Waals surface area (Å²) in [5.74, 6) is 6.82. The van der Waals surface area contributed by atoms with Crippen molar-refractivity contribution in [2.45, 2.75) is 13.0 Å². The minimum Gasteiger partial charge on any atom is -0.366 e. The maximum absolute atomic E-state index is 5.85. The highest BCUT2D eigenvalue weighted by molar-refractivity contribution is 7.16. The number of benzene rings is 1. The second kappa shape index (κ2) is 6.17. The van der Waals surface area contributed by atoms with Crippen LogP contribution in [0.4, 0.5) is 5.82 Å². The number of fused-ring (bicyclic) bond motifs is 1. The quantitative estimate of drug-likeness (QED) is 0.559. The van der Waals surface area contributed by atoms with Gasteiger partial charge < -0.3 is 10.2 Å². The maximum atomic E-state index is 5.85. The van der Waals surface area contributed by atoms with Crippen molar-refractivity contribution in [1.82, 2.24) is 9.97 Å². The van der Waals surface area contributed by atoms with E-state index in [-0.39, 0.29) is 6.10 Å². The van der Waals surface area contributed by atoms with Crippen molar-refractivity contribution in [2.75, 3.05) is 12.0 Å². The van der Waals surface area contributed by atoms with Gasteiger partial charge in [-0.1, -0.05) is 30.3 Å². The number of nitrogens with two attached hydrogens (primary N) is 1. The number of hydrogen-bond donors (Lipinski definition) is 2. The van der Waals surface area contributed by atoms with Crippen molar-refractivity contribution in [3.05, 3.63) is 53.2 Å². The van der Waals surface area contributed by atoms with Crippen LogP contribution in [0.25, 0.3) is 10.2 Å². The van der Waals surface area contributed by atoms with Crippen molar-refractivity contribution in [2.24, 2.45) is 5.84 Å². The zero-order valence-electron chi connectivity index (χ0n) is 11.6. The molecule has 108 valence electrons. The molecule has 21 heavy (non-hydrogen) atoms. The Labute approximate surface area is 126 Å². The first-order valence-electron chi connectivity index (χ1n) is 6.71. The van der Waals surface area contributed by atoms with Crippen molar-refractivity contribution < 1.29 is 4.74 Å². The van der Waals surface area contributed by atoms with E-state index < -0.39 is 0 Å². The minimum atomic E-state index is -0.296. The predicted molar refractivity (Wildman–Crippen MR) is 85.1 cm³/mol. The molecule has 0 bridgehead atoms. The van der Waals surface area contributed by atoms with Crippen LogP contribution < -0.4 is 11.3 Å². The summed E-state index contributed by atoms with van der Waals surface area (Å²) in [7, 11) is 0. The molecule has 3 aromatic rings. The molecule has 0 saturated carbocycles. The molecule has 1 aromatic carbocycles. The zero-order chi connectivity index (χ0) is 14.7. The number of hydrazine groups is 1. The number of aromatic nitrogens is 2. The third-order valence-electron chi connectivity index (χ3n) is 3.15. The molecule has 1 unspecified atom stereocenters. The Kier molecular flexibility index (Phi) is 4.10. The van der Waals surface area contributed by atoms with Gasteiger partial charge in [-0.3, -0.25) is 0 Å². The van der Waals surface area contributed by atoms with Crippen molar-refractivity contribution in [3.8, 4) is 0 Å². The number of ether oxygens (including phenoxy) is 1. The number of hydrogen-bond acceptors (Lipinski definition) is 6. The van der Waals surface area contributed by atoms with Crippen LogP contribution in [0.15, 0.2) is 41.8 Å². The highest BCUT2D eigenvalue weighted by atomic mass is 32.1. The Morgan fingerprint density at radius 2 is 2.05 bits per heavy atom. The van der Waals surface area contributed by atoms with E-state index in [0.717, 1.165) is 15.8 Å². The number of thiophene rings is 1. The summed E-state index contributed by atoms with van der Waals surface area (Å²) in [6.45, 7) is 2.54. The highest BCUT2D eigenvalue weighted by Crippen LogP contribution is 2.29. The van der Waals surface area contributed by atoms with E-state index in [1.165, 1.54) is 0 Å². The second-order valence-corrected chi connectivity index (χ2v) is 5.35. The lowest BCUT2D eigenvalue weighted by atomic mass is 10.1. The lowest BCUT2D eigenvalue weighted by Crippen LogP contribution is -2.14. The molecule has 1 atom stereocenters. The molecule has 0 spiro atoms. The van der Waals surface area contributed by atoms with Crippen molar-refractivity contribution >= 4 is 27.4 Å². The molecule has 5 nitrogen and oxygen atoms in total. The average molecular weight is 300 g/mol. The summed E-state index contributed by atoms with van der Waals surface area (Å²) >= 11 is 1.56. The average Bonchev–Trinajstić information content (AvgIpc) is 3.01.